The topological polar surface area (TPSA) is 24.5 Å². The lowest BCUT2D eigenvalue weighted by molar-refractivity contribution is 0.376. The number of hydrogen-bond donors (Lipinski definition) is 1. The summed E-state index contributed by atoms with van der Waals surface area (Å²) in [5.74, 6) is 0.890. The zero-order valence-corrected chi connectivity index (χ0v) is 12.1. The van der Waals surface area contributed by atoms with E-state index in [-0.39, 0.29) is 5.54 Å². The molecule has 1 aromatic rings. The predicted octanol–water partition coefficient (Wildman–Crippen LogP) is 2.52. The number of benzene rings is 1. The molecule has 1 unspecified atom stereocenters. The standard InChI is InChI=1S/C16H22N2O/c1-17-16(10-6-8-14(12-16)18(2)3)13-7-5-9-15(11-13)19-4/h5-11,17H,12H2,1-4H3. The Kier molecular flexibility index (Phi) is 3.96. The Morgan fingerprint density at radius 2 is 2.11 bits per heavy atom. The van der Waals surface area contributed by atoms with E-state index in [2.05, 4.69) is 54.7 Å². The van der Waals surface area contributed by atoms with Crippen LogP contribution in [0.2, 0.25) is 0 Å². The van der Waals surface area contributed by atoms with E-state index in [0.717, 1.165) is 12.2 Å². The van der Waals surface area contributed by atoms with Crippen LogP contribution in [0.25, 0.3) is 0 Å². The molecular weight excluding hydrogens is 236 g/mol. The number of allylic oxidation sites excluding steroid dienone is 2. The third kappa shape index (κ3) is 2.66. The summed E-state index contributed by atoms with van der Waals surface area (Å²) in [6.07, 6.45) is 7.43. The molecule has 2 rings (SSSR count). The number of ether oxygens (including phenoxy) is 1. The Hall–Kier alpha value is -1.74. The highest BCUT2D eigenvalue weighted by molar-refractivity contribution is 5.40. The number of methoxy groups -OCH3 is 1. The maximum atomic E-state index is 5.33. The molecule has 1 aliphatic rings. The van der Waals surface area contributed by atoms with E-state index in [9.17, 15) is 0 Å². The van der Waals surface area contributed by atoms with Crippen LogP contribution in [0.3, 0.4) is 0 Å². The van der Waals surface area contributed by atoms with E-state index in [0.29, 0.717) is 0 Å². The lowest BCUT2D eigenvalue weighted by Crippen LogP contribution is -2.41. The summed E-state index contributed by atoms with van der Waals surface area (Å²) in [5.41, 5.74) is 2.36. The van der Waals surface area contributed by atoms with E-state index in [1.807, 2.05) is 19.2 Å². The molecule has 1 aliphatic carbocycles. The van der Waals surface area contributed by atoms with Crippen LogP contribution in [0.15, 0.2) is 48.2 Å². The zero-order chi connectivity index (χ0) is 13.9. The Labute approximate surface area is 115 Å². The Morgan fingerprint density at radius 3 is 2.74 bits per heavy atom. The van der Waals surface area contributed by atoms with Crippen molar-refractivity contribution in [3.8, 4) is 5.75 Å². The van der Waals surface area contributed by atoms with Crippen LogP contribution in [0.5, 0.6) is 5.75 Å². The second kappa shape index (κ2) is 5.49. The predicted molar refractivity (Wildman–Crippen MR) is 79.3 cm³/mol. The molecule has 0 aromatic heterocycles. The van der Waals surface area contributed by atoms with Gasteiger partial charge in [-0.3, -0.25) is 0 Å². The number of nitrogens with zero attached hydrogens (tertiary/aromatic N) is 1. The molecule has 1 atom stereocenters. The summed E-state index contributed by atoms with van der Waals surface area (Å²) in [6.45, 7) is 0. The quantitative estimate of drug-likeness (QED) is 0.898. The number of nitrogens with one attached hydrogen (secondary N) is 1. The van der Waals surface area contributed by atoms with Crippen LogP contribution < -0.4 is 10.1 Å². The molecule has 0 aliphatic heterocycles. The van der Waals surface area contributed by atoms with Crippen LogP contribution in [0.1, 0.15) is 12.0 Å². The van der Waals surface area contributed by atoms with Gasteiger partial charge in [0.05, 0.1) is 12.6 Å². The van der Waals surface area contributed by atoms with E-state index < -0.39 is 0 Å². The largest absolute Gasteiger partial charge is 0.497 e. The number of rotatable bonds is 4. The fourth-order valence-electron chi connectivity index (χ4n) is 2.45. The highest BCUT2D eigenvalue weighted by Gasteiger charge is 2.31. The van der Waals surface area contributed by atoms with Gasteiger partial charge >= 0.3 is 0 Å². The molecule has 0 saturated heterocycles. The van der Waals surface area contributed by atoms with Gasteiger partial charge in [-0.1, -0.05) is 24.3 Å². The lowest BCUT2D eigenvalue weighted by atomic mass is 9.82. The maximum Gasteiger partial charge on any atom is 0.119 e. The monoisotopic (exact) mass is 258 g/mol. The third-order valence-corrected chi connectivity index (χ3v) is 3.73. The van der Waals surface area contributed by atoms with Crippen molar-refractivity contribution >= 4 is 0 Å². The molecule has 1 N–H and O–H groups in total. The van der Waals surface area contributed by atoms with Crippen LogP contribution in [0, 0.1) is 0 Å². The Balaban J connectivity index is 2.39. The van der Waals surface area contributed by atoms with Crippen LogP contribution in [-0.4, -0.2) is 33.2 Å². The fourth-order valence-corrected chi connectivity index (χ4v) is 2.45. The molecular formula is C16H22N2O. The van der Waals surface area contributed by atoms with Gasteiger partial charge in [0.25, 0.3) is 0 Å². The molecule has 0 amide bonds. The second-order valence-electron chi connectivity index (χ2n) is 5.04. The SMILES string of the molecule is CNC1(c2cccc(OC)c2)C=CC=C(N(C)C)C1. The summed E-state index contributed by atoms with van der Waals surface area (Å²) in [6, 6.07) is 8.25. The van der Waals surface area contributed by atoms with Crippen LogP contribution in [0.4, 0.5) is 0 Å². The van der Waals surface area contributed by atoms with Crippen molar-refractivity contribution in [3.05, 3.63) is 53.8 Å². The number of likely N-dealkylation sites (N-methyl/N-ethyl adjacent to an activating group) is 1. The van der Waals surface area contributed by atoms with E-state index in [4.69, 9.17) is 4.74 Å². The van der Waals surface area contributed by atoms with Crippen molar-refractivity contribution in [1.82, 2.24) is 10.2 Å². The first-order chi connectivity index (χ1) is 9.11. The minimum absolute atomic E-state index is 0.164. The summed E-state index contributed by atoms with van der Waals surface area (Å²) in [4.78, 5) is 2.16. The molecule has 0 saturated carbocycles. The summed E-state index contributed by atoms with van der Waals surface area (Å²) in [7, 11) is 7.86. The molecule has 0 bridgehead atoms. The van der Waals surface area contributed by atoms with Crippen molar-refractivity contribution in [2.45, 2.75) is 12.0 Å². The minimum Gasteiger partial charge on any atom is -0.497 e. The average molecular weight is 258 g/mol. The molecule has 1 aromatic carbocycles. The minimum atomic E-state index is -0.164. The van der Waals surface area contributed by atoms with Gasteiger partial charge in [-0.25, -0.2) is 0 Å². The fraction of sp³-hybridized carbons (Fsp3) is 0.375. The number of hydrogen-bond acceptors (Lipinski definition) is 3. The molecule has 0 spiro atoms. The van der Waals surface area contributed by atoms with Gasteiger partial charge in [-0.2, -0.15) is 0 Å². The molecule has 3 nitrogen and oxygen atoms in total. The summed E-state index contributed by atoms with van der Waals surface area (Å²) in [5, 5.41) is 3.46. The van der Waals surface area contributed by atoms with E-state index in [1.54, 1.807) is 7.11 Å². The van der Waals surface area contributed by atoms with Crippen molar-refractivity contribution in [1.29, 1.82) is 0 Å². The van der Waals surface area contributed by atoms with Gasteiger partial charge in [0.1, 0.15) is 5.75 Å². The van der Waals surface area contributed by atoms with Gasteiger partial charge in [-0.15, -0.1) is 0 Å². The van der Waals surface area contributed by atoms with Gasteiger partial charge in [0, 0.05) is 26.2 Å². The van der Waals surface area contributed by atoms with Crippen LogP contribution in [-0.2, 0) is 5.54 Å². The normalized spacial score (nSPS) is 22.0. The molecule has 102 valence electrons. The lowest BCUT2D eigenvalue weighted by Gasteiger charge is -2.36. The highest BCUT2D eigenvalue weighted by atomic mass is 16.5. The molecule has 19 heavy (non-hydrogen) atoms. The molecule has 0 fully saturated rings. The van der Waals surface area contributed by atoms with Crippen molar-refractivity contribution in [2.24, 2.45) is 0 Å². The summed E-state index contributed by atoms with van der Waals surface area (Å²) >= 11 is 0. The van der Waals surface area contributed by atoms with E-state index in [1.165, 1.54) is 11.3 Å². The second-order valence-corrected chi connectivity index (χ2v) is 5.04. The first kappa shape index (κ1) is 13.7. The van der Waals surface area contributed by atoms with Gasteiger partial charge in [0.2, 0.25) is 0 Å². The smallest absolute Gasteiger partial charge is 0.119 e. The summed E-state index contributed by atoms with van der Waals surface area (Å²) < 4.78 is 5.33. The van der Waals surface area contributed by atoms with Crippen LogP contribution >= 0.6 is 0 Å². The Morgan fingerprint density at radius 1 is 1.32 bits per heavy atom. The third-order valence-electron chi connectivity index (χ3n) is 3.73. The van der Waals surface area contributed by atoms with Crippen molar-refractivity contribution in [2.75, 3.05) is 28.3 Å². The van der Waals surface area contributed by atoms with Gasteiger partial charge < -0.3 is 15.0 Å². The molecule has 3 heteroatoms. The van der Waals surface area contributed by atoms with Gasteiger partial charge in [-0.05, 0) is 30.8 Å². The molecule has 0 heterocycles. The Bertz CT molecular complexity index is 505. The van der Waals surface area contributed by atoms with Crippen molar-refractivity contribution < 1.29 is 4.74 Å². The molecule has 0 radical (unpaired) electrons. The van der Waals surface area contributed by atoms with E-state index >= 15 is 0 Å². The van der Waals surface area contributed by atoms with Gasteiger partial charge in [0.15, 0.2) is 0 Å². The first-order valence-corrected chi connectivity index (χ1v) is 6.50. The van der Waals surface area contributed by atoms with Crippen molar-refractivity contribution in [3.63, 3.8) is 0 Å². The highest BCUT2D eigenvalue weighted by Crippen LogP contribution is 2.34. The maximum absolute atomic E-state index is 5.33. The first-order valence-electron chi connectivity index (χ1n) is 6.50. The zero-order valence-electron chi connectivity index (χ0n) is 12.1. The average Bonchev–Trinajstić information content (AvgIpc) is 2.47.